The summed E-state index contributed by atoms with van der Waals surface area (Å²) in [5, 5.41) is 13.7. The molecule has 3 rings (SSSR count). The smallest absolute Gasteiger partial charge is 0.333 e. The number of carboxylic acids is 1. The number of carbonyl (C=O) groups is 2. The third kappa shape index (κ3) is 7.29. The molecule has 1 unspecified atom stereocenters. The van der Waals surface area contributed by atoms with Gasteiger partial charge in [-0.1, -0.05) is 48.9 Å². The number of aromatic nitrogens is 1. The van der Waals surface area contributed by atoms with Crippen LogP contribution in [0.25, 0.3) is 10.6 Å². The van der Waals surface area contributed by atoms with E-state index in [9.17, 15) is 14.7 Å². The minimum atomic E-state index is -1.02. The van der Waals surface area contributed by atoms with Crippen LogP contribution in [0.15, 0.2) is 42.5 Å². The highest BCUT2D eigenvalue weighted by Gasteiger charge is 2.22. The van der Waals surface area contributed by atoms with E-state index in [4.69, 9.17) is 21.1 Å². The number of ether oxygens (including phenoxy) is 2. The maximum atomic E-state index is 13.0. The summed E-state index contributed by atoms with van der Waals surface area (Å²) in [7, 11) is 0. The molecule has 1 amide bonds. The Morgan fingerprint density at radius 1 is 1.19 bits per heavy atom. The molecule has 192 valence electrons. The highest BCUT2D eigenvalue weighted by atomic mass is 35.5. The standard InChI is InChI=1S/C27H31ClN2O5S/c1-5-12-34-22-11-10-18(14-23(27(32)33)35-16(2)3)13-19(22)15-29-25(31)24-17(4)36-26(30-24)20-8-6-7-9-21(20)28/h6-11,13,16,23H,5,12,14-15H2,1-4H3,(H,29,31)(H,32,33). The van der Waals surface area contributed by atoms with Gasteiger partial charge < -0.3 is 19.9 Å². The third-order valence-electron chi connectivity index (χ3n) is 5.27. The van der Waals surface area contributed by atoms with E-state index < -0.39 is 12.1 Å². The summed E-state index contributed by atoms with van der Waals surface area (Å²) in [5.41, 5.74) is 2.66. The van der Waals surface area contributed by atoms with Crippen LogP contribution in [0.4, 0.5) is 0 Å². The molecule has 0 spiro atoms. The maximum absolute atomic E-state index is 13.0. The number of aliphatic carboxylic acids is 1. The average Bonchev–Trinajstić information content (AvgIpc) is 3.22. The van der Waals surface area contributed by atoms with Gasteiger partial charge in [0.15, 0.2) is 6.10 Å². The van der Waals surface area contributed by atoms with Gasteiger partial charge in [-0.2, -0.15) is 0 Å². The van der Waals surface area contributed by atoms with Crippen LogP contribution in [-0.2, 0) is 22.5 Å². The molecule has 0 aliphatic carbocycles. The van der Waals surface area contributed by atoms with Gasteiger partial charge >= 0.3 is 5.97 Å². The van der Waals surface area contributed by atoms with Crippen LogP contribution >= 0.6 is 22.9 Å². The van der Waals surface area contributed by atoms with Crippen molar-refractivity contribution in [1.82, 2.24) is 10.3 Å². The molecule has 1 atom stereocenters. The summed E-state index contributed by atoms with van der Waals surface area (Å²) >= 11 is 7.72. The van der Waals surface area contributed by atoms with Gasteiger partial charge in [-0.15, -0.1) is 11.3 Å². The first-order chi connectivity index (χ1) is 17.2. The van der Waals surface area contributed by atoms with E-state index >= 15 is 0 Å². The Bertz CT molecular complexity index is 1210. The Hall–Kier alpha value is -2.94. The number of benzene rings is 2. The minimum Gasteiger partial charge on any atom is -0.493 e. The zero-order valence-electron chi connectivity index (χ0n) is 20.8. The van der Waals surface area contributed by atoms with Crippen LogP contribution in [0.5, 0.6) is 5.75 Å². The summed E-state index contributed by atoms with van der Waals surface area (Å²) in [6.45, 7) is 8.20. The maximum Gasteiger partial charge on any atom is 0.333 e. The number of carbonyl (C=O) groups excluding carboxylic acids is 1. The molecule has 0 saturated carbocycles. The molecule has 0 aliphatic heterocycles. The summed E-state index contributed by atoms with van der Waals surface area (Å²) < 4.78 is 11.4. The average molecular weight is 531 g/mol. The summed E-state index contributed by atoms with van der Waals surface area (Å²) in [6, 6.07) is 12.9. The molecule has 9 heteroatoms. The summed E-state index contributed by atoms with van der Waals surface area (Å²) in [5.74, 6) is -0.678. The fourth-order valence-corrected chi connectivity index (χ4v) is 4.83. The normalized spacial score (nSPS) is 11.9. The lowest BCUT2D eigenvalue weighted by Gasteiger charge is -2.18. The molecule has 0 aliphatic rings. The van der Waals surface area contributed by atoms with Crippen LogP contribution in [0, 0.1) is 6.92 Å². The van der Waals surface area contributed by atoms with Crippen molar-refractivity contribution in [3.63, 3.8) is 0 Å². The van der Waals surface area contributed by atoms with Crippen molar-refractivity contribution in [3.8, 4) is 16.3 Å². The second kappa shape index (κ2) is 12.9. The first kappa shape index (κ1) is 27.6. The number of nitrogens with one attached hydrogen (secondary N) is 1. The van der Waals surface area contributed by atoms with Crippen molar-refractivity contribution in [3.05, 3.63) is 69.2 Å². The fourth-order valence-electron chi connectivity index (χ4n) is 3.60. The van der Waals surface area contributed by atoms with Crippen molar-refractivity contribution in [2.24, 2.45) is 0 Å². The van der Waals surface area contributed by atoms with Crippen LogP contribution in [0.1, 0.15) is 53.7 Å². The SMILES string of the molecule is CCCOc1ccc(CC(OC(C)C)C(=O)O)cc1CNC(=O)c1nc(-c2ccccc2Cl)sc1C. The predicted molar refractivity (Wildman–Crippen MR) is 142 cm³/mol. The number of hydrogen-bond acceptors (Lipinski definition) is 6. The van der Waals surface area contributed by atoms with Gasteiger partial charge in [0.2, 0.25) is 0 Å². The van der Waals surface area contributed by atoms with Crippen molar-refractivity contribution in [2.75, 3.05) is 6.61 Å². The van der Waals surface area contributed by atoms with Crippen molar-refractivity contribution < 1.29 is 24.2 Å². The highest BCUT2D eigenvalue weighted by molar-refractivity contribution is 7.15. The molecule has 7 nitrogen and oxygen atoms in total. The number of amides is 1. The molecule has 0 saturated heterocycles. The van der Waals surface area contributed by atoms with Crippen LogP contribution in [0.3, 0.4) is 0 Å². The summed E-state index contributed by atoms with van der Waals surface area (Å²) in [4.78, 5) is 30.0. The Balaban J connectivity index is 1.79. The first-order valence-corrected chi connectivity index (χ1v) is 13.0. The molecular weight excluding hydrogens is 500 g/mol. The molecule has 0 fully saturated rings. The zero-order valence-corrected chi connectivity index (χ0v) is 22.4. The van der Waals surface area contributed by atoms with Gasteiger partial charge in [-0.05, 0) is 44.9 Å². The van der Waals surface area contributed by atoms with Crippen LogP contribution in [-0.4, -0.2) is 40.8 Å². The van der Waals surface area contributed by atoms with E-state index in [1.54, 1.807) is 19.9 Å². The quantitative estimate of drug-likeness (QED) is 0.302. The lowest BCUT2D eigenvalue weighted by atomic mass is 10.0. The van der Waals surface area contributed by atoms with E-state index in [1.165, 1.54) is 11.3 Å². The first-order valence-electron chi connectivity index (χ1n) is 11.8. The van der Waals surface area contributed by atoms with E-state index in [0.29, 0.717) is 28.1 Å². The number of halogens is 1. The fraction of sp³-hybridized carbons (Fsp3) is 0.370. The Morgan fingerprint density at radius 2 is 1.94 bits per heavy atom. The van der Waals surface area contributed by atoms with Gasteiger partial charge in [0.25, 0.3) is 5.91 Å². The lowest BCUT2D eigenvalue weighted by molar-refractivity contribution is -0.153. The Labute approximate surface area is 220 Å². The predicted octanol–water partition coefficient (Wildman–Crippen LogP) is 5.91. The number of nitrogens with zero attached hydrogens (tertiary/aromatic N) is 1. The zero-order chi connectivity index (χ0) is 26.2. The largest absolute Gasteiger partial charge is 0.493 e. The van der Waals surface area contributed by atoms with Crippen LogP contribution in [0.2, 0.25) is 5.02 Å². The third-order valence-corrected chi connectivity index (χ3v) is 6.61. The molecule has 0 radical (unpaired) electrons. The second-order valence-corrected chi connectivity index (χ2v) is 10.2. The van der Waals surface area contributed by atoms with Crippen LogP contribution < -0.4 is 10.1 Å². The number of thiazole rings is 1. The van der Waals surface area contributed by atoms with Gasteiger partial charge in [-0.25, -0.2) is 9.78 Å². The summed E-state index contributed by atoms with van der Waals surface area (Å²) in [6.07, 6.45) is -0.140. The topological polar surface area (TPSA) is 97.8 Å². The molecular formula is C27H31ClN2O5S. The molecule has 2 N–H and O–H groups in total. The van der Waals surface area contributed by atoms with Gasteiger partial charge in [0.05, 0.1) is 17.7 Å². The van der Waals surface area contributed by atoms with Crippen molar-refractivity contribution >= 4 is 34.8 Å². The molecule has 36 heavy (non-hydrogen) atoms. The highest BCUT2D eigenvalue weighted by Crippen LogP contribution is 2.32. The minimum absolute atomic E-state index is 0.201. The van der Waals surface area contributed by atoms with Gasteiger partial charge in [0, 0.05) is 29.0 Å². The number of carboxylic acid groups (broad SMARTS) is 1. The lowest BCUT2D eigenvalue weighted by Crippen LogP contribution is -2.29. The van der Waals surface area contributed by atoms with Gasteiger partial charge in [0.1, 0.15) is 16.5 Å². The second-order valence-electron chi connectivity index (χ2n) is 8.59. The van der Waals surface area contributed by atoms with Crippen molar-refractivity contribution in [1.29, 1.82) is 0 Å². The molecule has 0 bridgehead atoms. The number of rotatable bonds is 12. The van der Waals surface area contributed by atoms with E-state index in [0.717, 1.165) is 28.0 Å². The monoisotopic (exact) mass is 530 g/mol. The molecule has 1 heterocycles. The molecule has 1 aromatic heterocycles. The Morgan fingerprint density at radius 3 is 2.61 bits per heavy atom. The molecule has 2 aromatic carbocycles. The van der Waals surface area contributed by atoms with E-state index in [-0.39, 0.29) is 25.0 Å². The van der Waals surface area contributed by atoms with E-state index in [2.05, 4.69) is 10.3 Å². The van der Waals surface area contributed by atoms with Crippen molar-refractivity contribution in [2.45, 2.75) is 59.3 Å². The Kier molecular flexibility index (Phi) is 9.87. The number of aryl methyl sites for hydroxylation is 1. The molecule has 3 aromatic rings. The van der Waals surface area contributed by atoms with E-state index in [1.807, 2.05) is 50.2 Å². The van der Waals surface area contributed by atoms with Gasteiger partial charge in [-0.3, -0.25) is 4.79 Å². The number of hydrogen-bond donors (Lipinski definition) is 2.